The summed E-state index contributed by atoms with van der Waals surface area (Å²) in [7, 11) is 1.88. The van der Waals surface area contributed by atoms with E-state index in [-0.39, 0.29) is 5.91 Å². The fraction of sp³-hybridized carbons (Fsp3) is 0.909. The van der Waals surface area contributed by atoms with E-state index >= 15 is 0 Å². The standard InChI is InChI=1S/C11H22BrNO/c1-4-5-6-7-8-11(14)13(3)10(2)9-12/h10H,4-9H2,1-3H3. The predicted molar refractivity (Wildman–Crippen MR) is 64.8 cm³/mol. The van der Waals surface area contributed by atoms with Crippen molar-refractivity contribution in [1.29, 1.82) is 0 Å². The molecule has 0 fully saturated rings. The van der Waals surface area contributed by atoms with E-state index in [1.807, 2.05) is 11.9 Å². The molecule has 1 amide bonds. The Morgan fingerprint density at radius 1 is 1.36 bits per heavy atom. The van der Waals surface area contributed by atoms with E-state index in [9.17, 15) is 4.79 Å². The number of alkyl halides is 1. The molecule has 1 unspecified atom stereocenters. The van der Waals surface area contributed by atoms with E-state index in [0.29, 0.717) is 12.5 Å². The number of nitrogens with zero attached hydrogens (tertiary/aromatic N) is 1. The smallest absolute Gasteiger partial charge is 0.222 e. The molecule has 3 heteroatoms. The minimum Gasteiger partial charge on any atom is -0.342 e. The maximum Gasteiger partial charge on any atom is 0.222 e. The first kappa shape index (κ1) is 13.9. The summed E-state index contributed by atoms with van der Waals surface area (Å²) in [4.78, 5) is 13.4. The molecule has 0 aromatic heterocycles. The Bertz CT molecular complexity index is 161. The monoisotopic (exact) mass is 263 g/mol. The van der Waals surface area contributed by atoms with E-state index < -0.39 is 0 Å². The minimum absolute atomic E-state index is 0.271. The Morgan fingerprint density at radius 3 is 2.50 bits per heavy atom. The van der Waals surface area contributed by atoms with Crippen LogP contribution < -0.4 is 0 Å². The highest BCUT2D eigenvalue weighted by Crippen LogP contribution is 2.07. The van der Waals surface area contributed by atoms with Gasteiger partial charge < -0.3 is 4.90 Å². The van der Waals surface area contributed by atoms with Gasteiger partial charge in [0.15, 0.2) is 0 Å². The molecule has 0 aromatic rings. The van der Waals surface area contributed by atoms with Crippen molar-refractivity contribution in [2.45, 2.75) is 52.0 Å². The average molecular weight is 264 g/mol. The number of halogens is 1. The fourth-order valence-electron chi connectivity index (χ4n) is 1.23. The van der Waals surface area contributed by atoms with Gasteiger partial charge in [-0.2, -0.15) is 0 Å². The number of carbonyl (C=O) groups excluding carboxylic acids is 1. The maximum atomic E-state index is 11.6. The first-order chi connectivity index (χ1) is 6.63. The highest BCUT2D eigenvalue weighted by molar-refractivity contribution is 9.09. The van der Waals surface area contributed by atoms with E-state index in [1.165, 1.54) is 19.3 Å². The average Bonchev–Trinajstić information content (AvgIpc) is 2.21. The second-order valence-corrected chi connectivity index (χ2v) is 4.47. The molecule has 0 saturated heterocycles. The lowest BCUT2D eigenvalue weighted by molar-refractivity contribution is -0.131. The van der Waals surface area contributed by atoms with Gasteiger partial charge in [0.1, 0.15) is 0 Å². The zero-order chi connectivity index (χ0) is 11.0. The molecule has 0 rings (SSSR count). The van der Waals surface area contributed by atoms with Crippen LogP contribution >= 0.6 is 15.9 Å². The summed E-state index contributed by atoms with van der Waals surface area (Å²) >= 11 is 3.38. The Balaban J connectivity index is 3.62. The third kappa shape index (κ3) is 5.63. The normalized spacial score (nSPS) is 12.6. The summed E-state index contributed by atoms with van der Waals surface area (Å²) in [5, 5.41) is 0.851. The summed E-state index contributed by atoms with van der Waals surface area (Å²) in [6.45, 7) is 4.24. The van der Waals surface area contributed by atoms with Crippen LogP contribution in [-0.2, 0) is 4.79 Å². The Labute approximate surface area is 96.2 Å². The second-order valence-electron chi connectivity index (χ2n) is 3.82. The van der Waals surface area contributed by atoms with Crippen molar-refractivity contribution >= 4 is 21.8 Å². The highest BCUT2D eigenvalue weighted by atomic mass is 79.9. The van der Waals surface area contributed by atoms with Gasteiger partial charge in [-0.05, 0) is 13.3 Å². The molecule has 0 N–H and O–H groups in total. The maximum absolute atomic E-state index is 11.6. The van der Waals surface area contributed by atoms with Crippen molar-refractivity contribution < 1.29 is 4.79 Å². The van der Waals surface area contributed by atoms with Gasteiger partial charge in [-0.15, -0.1) is 0 Å². The van der Waals surface area contributed by atoms with Gasteiger partial charge in [-0.25, -0.2) is 0 Å². The van der Waals surface area contributed by atoms with Crippen molar-refractivity contribution in [3.05, 3.63) is 0 Å². The summed E-state index contributed by atoms with van der Waals surface area (Å²) in [6, 6.07) is 0.300. The lowest BCUT2D eigenvalue weighted by Crippen LogP contribution is -2.35. The number of rotatable bonds is 7. The van der Waals surface area contributed by atoms with Crippen LogP contribution in [0, 0.1) is 0 Å². The fourth-order valence-corrected chi connectivity index (χ4v) is 1.66. The molecule has 84 valence electrons. The molecule has 0 aliphatic carbocycles. The van der Waals surface area contributed by atoms with Crippen molar-refractivity contribution in [2.24, 2.45) is 0 Å². The molecule has 0 spiro atoms. The topological polar surface area (TPSA) is 20.3 Å². The molecule has 0 heterocycles. The molecule has 0 aromatic carbocycles. The second kappa shape index (κ2) is 8.27. The van der Waals surface area contributed by atoms with E-state index in [2.05, 4.69) is 29.8 Å². The van der Waals surface area contributed by atoms with Crippen molar-refractivity contribution in [1.82, 2.24) is 4.90 Å². The van der Waals surface area contributed by atoms with Gasteiger partial charge in [-0.3, -0.25) is 4.79 Å². The summed E-state index contributed by atoms with van der Waals surface area (Å²) in [5.41, 5.74) is 0. The third-order valence-electron chi connectivity index (χ3n) is 2.52. The number of amides is 1. The lowest BCUT2D eigenvalue weighted by atomic mass is 10.1. The molecular formula is C11H22BrNO. The van der Waals surface area contributed by atoms with Crippen LogP contribution in [0.2, 0.25) is 0 Å². The molecule has 0 aliphatic heterocycles. The van der Waals surface area contributed by atoms with Crippen molar-refractivity contribution in [3.8, 4) is 0 Å². The molecular weight excluding hydrogens is 242 g/mol. The first-order valence-electron chi connectivity index (χ1n) is 5.45. The Morgan fingerprint density at radius 2 is 2.00 bits per heavy atom. The Hall–Kier alpha value is -0.0500. The van der Waals surface area contributed by atoms with Crippen LogP contribution in [-0.4, -0.2) is 29.2 Å². The molecule has 0 bridgehead atoms. The van der Waals surface area contributed by atoms with E-state index in [4.69, 9.17) is 0 Å². The van der Waals surface area contributed by atoms with Crippen molar-refractivity contribution in [3.63, 3.8) is 0 Å². The van der Waals surface area contributed by atoms with E-state index in [1.54, 1.807) is 0 Å². The number of unbranched alkanes of at least 4 members (excludes halogenated alkanes) is 3. The molecule has 0 aliphatic rings. The van der Waals surface area contributed by atoms with Crippen LogP contribution in [0.1, 0.15) is 46.0 Å². The van der Waals surface area contributed by atoms with Gasteiger partial charge in [-0.1, -0.05) is 42.1 Å². The first-order valence-corrected chi connectivity index (χ1v) is 6.57. The number of hydrogen-bond donors (Lipinski definition) is 0. The van der Waals surface area contributed by atoms with Crippen LogP contribution in [0.15, 0.2) is 0 Å². The minimum atomic E-state index is 0.271. The third-order valence-corrected chi connectivity index (χ3v) is 3.46. The highest BCUT2D eigenvalue weighted by Gasteiger charge is 2.13. The van der Waals surface area contributed by atoms with Gasteiger partial charge in [0, 0.05) is 24.8 Å². The van der Waals surface area contributed by atoms with Crippen LogP contribution in [0.25, 0.3) is 0 Å². The Kier molecular flexibility index (Phi) is 8.24. The van der Waals surface area contributed by atoms with Gasteiger partial charge >= 0.3 is 0 Å². The molecule has 14 heavy (non-hydrogen) atoms. The summed E-state index contributed by atoms with van der Waals surface area (Å²) in [5.74, 6) is 0.271. The van der Waals surface area contributed by atoms with Crippen LogP contribution in [0.5, 0.6) is 0 Å². The number of hydrogen-bond acceptors (Lipinski definition) is 1. The van der Waals surface area contributed by atoms with E-state index in [0.717, 1.165) is 11.8 Å². The summed E-state index contributed by atoms with van der Waals surface area (Å²) < 4.78 is 0. The molecule has 0 radical (unpaired) electrons. The van der Waals surface area contributed by atoms with Gasteiger partial charge in [0.05, 0.1) is 0 Å². The summed E-state index contributed by atoms with van der Waals surface area (Å²) in [6.07, 6.45) is 5.38. The molecule has 1 atom stereocenters. The SMILES string of the molecule is CCCCCCC(=O)N(C)C(C)CBr. The van der Waals surface area contributed by atoms with Gasteiger partial charge in [0.25, 0.3) is 0 Å². The zero-order valence-electron chi connectivity index (χ0n) is 9.55. The molecule has 2 nitrogen and oxygen atoms in total. The van der Waals surface area contributed by atoms with Crippen LogP contribution in [0.3, 0.4) is 0 Å². The lowest BCUT2D eigenvalue weighted by Gasteiger charge is -2.23. The molecule has 0 saturated carbocycles. The zero-order valence-corrected chi connectivity index (χ0v) is 11.1. The largest absolute Gasteiger partial charge is 0.342 e. The van der Waals surface area contributed by atoms with Gasteiger partial charge in [0.2, 0.25) is 5.91 Å². The number of carbonyl (C=O) groups is 1. The predicted octanol–water partition coefficient (Wildman–Crippen LogP) is 3.20. The van der Waals surface area contributed by atoms with Crippen molar-refractivity contribution in [2.75, 3.05) is 12.4 Å². The quantitative estimate of drug-likeness (QED) is 0.511. The van der Waals surface area contributed by atoms with Crippen LogP contribution in [0.4, 0.5) is 0 Å².